The van der Waals surface area contributed by atoms with Gasteiger partial charge in [0.1, 0.15) is 17.0 Å². The Bertz CT molecular complexity index is 1140. The lowest BCUT2D eigenvalue weighted by Crippen LogP contribution is -2.37. The Balaban J connectivity index is 2.00. The summed E-state index contributed by atoms with van der Waals surface area (Å²) in [6, 6.07) is 3.48. The highest BCUT2D eigenvalue weighted by molar-refractivity contribution is 7.98. The number of nitrogens with one attached hydrogen (secondary N) is 3. The monoisotopic (exact) mass is 480 g/mol. The fourth-order valence-electron chi connectivity index (χ4n) is 3.12. The number of nitrogens with zero attached hydrogens (tertiary/aromatic N) is 3. The van der Waals surface area contributed by atoms with E-state index in [4.69, 9.17) is 5.41 Å². The van der Waals surface area contributed by atoms with Gasteiger partial charge in [-0.3, -0.25) is 10.2 Å². The molecular formula is C20H22F2N6O2S2. The number of carbonyl (C=O) groups excluding carboxylic acids is 1. The van der Waals surface area contributed by atoms with Crippen molar-refractivity contribution >= 4 is 52.6 Å². The van der Waals surface area contributed by atoms with Crippen molar-refractivity contribution in [3.8, 4) is 0 Å². The molecule has 0 aliphatic heterocycles. The van der Waals surface area contributed by atoms with E-state index < -0.39 is 17.8 Å². The highest BCUT2D eigenvalue weighted by Crippen LogP contribution is 2.25. The summed E-state index contributed by atoms with van der Waals surface area (Å²) in [6.07, 6.45) is 5.07. The third kappa shape index (κ3) is 5.03. The number of hydrogen-bond acceptors (Lipinski definition) is 8. The molecule has 32 heavy (non-hydrogen) atoms. The van der Waals surface area contributed by atoms with Crippen LogP contribution < -0.4 is 10.6 Å². The van der Waals surface area contributed by atoms with Gasteiger partial charge in [-0.25, -0.2) is 18.3 Å². The molecule has 0 saturated carbocycles. The van der Waals surface area contributed by atoms with Gasteiger partial charge in [0.2, 0.25) is 0 Å². The number of anilines is 1. The standard InChI is InChI=1S/C20H22F2N6O2S2/c1-24-15-7-11(21)3-4-13(15)17(23)16-8-25-19-18(27-16)14(9-28(19)32-22)20(30)26-12(10-29)5-6-31-2/h3-4,7-9,12,23-24,29H,5-6,10H2,1-2H3,(H,26,30). The van der Waals surface area contributed by atoms with Crippen LogP contribution in [0.5, 0.6) is 0 Å². The zero-order valence-corrected chi connectivity index (χ0v) is 19.0. The Morgan fingerprint density at radius 2 is 2.16 bits per heavy atom. The molecule has 0 radical (unpaired) electrons. The van der Waals surface area contributed by atoms with Crippen molar-refractivity contribution in [3.63, 3.8) is 0 Å². The van der Waals surface area contributed by atoms with Crippen LogP contribution >= 0.6 is 24.1 Å². The number of aliphatic hydroxyl groups is 1. The minimum absolute atomic E-state index is 0.0380. The molecule has 1 amide bonds. The van der Waals surface area contributed by atoms with Crippen molar-refractivity contribution in [1.29, 1.82) is 5.41 Å². The minimum Gasteiger partial charge on any atom is -0.394 e. The molecule has 2 heterocycles. The minimum atomic E-state index is -0.529. The second-order valence-corrected chi connectivity index (χ2v) is 8.33. The summed E-state index contributed by atoms with van der Waals surface area (Å²) >= 11 is 1.46. The van der Waals surface area contributed by atoms with Gasteiger partial charge in [-0.1, -0.05) is 0 Å². The summed E-state index contributed by atoms with van der Waals surface area (Å²) < 4.78 is 28.1. The lowest BCUT2D eigenvalue weighted by atomic mass is 10.1. The molecule has 170 valence electrons. The van der Waals surface area contributed by atoms with Crippen molar-refractivity contribution in [2.75, 3.05) is 31.0 Å². The van der Waals surface area contributed by atoms with Crippen molar-refractivity contribution in [3.05, 3.63) is 53.2 Å². The zero-order chi connectivity index (χ0) is 23.3. The van der Waals surface area contributed by atoms with Crippen LogP contribution in [0.25, 0.3) is 11.2 Å². The van der Waals surface area contributed by atoms with Crippen molar-refractivity contribution < 1.29 is 18.2 Å². The van der Waals surface area contributed by atoms with Crippen molar-refractivity contribution in [2.45, 2.75) is 12.5 Å². The van der Waals surface area contributed by atoms with E-state index in [1.54, 1.807) is 18.8 Å². The molecule has 12 heteroatoms. The summed E-state index contributed by atoms with van der Waals surface area (Å²) in [5.74, 6) is -0.234. The molecule has 1 aromatic carbocycles. The second kappa shape index (κ2) is 10.7. The van der Waals surface area contributed by atoms with E-state index >= 15 is 0 Å². The van der Waals surface area contributed by atoms with Crippen LogP contribution in [-0.4, -0.2) is 62.4 Å². The Morgan fingerprint density at radius 3 is 2.81 bits per heavy atom. The quantitative estimate of drug-likeness (QED) is 0.329. The molecule has 0 aliphatic carbocycles. The summed E-state index contributed by atoms with van der Waals surface area (Å²) in [6.45, 7) is -0.234. The molecule has 8 nitrogen and oxygen atoms in total. The maximum Gasteiger partial charge on any atom is 0.255 e. The van der Waals surface area contributed by atoms with Gasteiger partial charge in [0, 0.05) is 24.5 Å². The van der Waals surface area contributed by atoms with Gasteiger partial charge in [-0.15, -0.1) is 3.89 Å². The smallest absolute Gasteiger partial charge is 0.255 e. The number of hydrogen-bond donors (Lipinski definition) is 4. The molecule has 0 aliphatic rings. The van der Waals surface area contributed by atoms with Gasteiger partial charge >= 0.3 is 0 Å². The van der Waals surface area contributed by atoms with E-state index in [2.05, 4.69) is 20.6 Å². The van der Waals surface area contributed by atoms with Crippen LogP contribution in [0.4, 0.5) is 14.0 Å². The largest absolute Gasteiger partial charge is 0.394 e. The van der Waals surface area contributed by atoms with E-state index in [0.717, 1.165) is 9.73 Å². The third-order valence-corrected chi connectivity index (χ3v) is 5.86. The first kappa shape index (κ1) is 24.0. The average Bonchev–Trinajstić information content (AvgIpc) is 3.19. The third-order valence-electron chi connectivity index (χ3n) is 4.78. The molecule has 1 atom stereocenters. The van der Waals surface area contributed by atoms with Crippen LogP contribution in [0, 0.1) is 11.2 Å². The molecule has 0 spiro atoms. The number of amides is 1. The predicted molar refractivity (Wildman–Crippen MR) is 125 cm³/mol. The number of benzene rings is 1. The zero-order valence-electron chi connectivity index (χ0n) is 17.4. The predicted octanol–water partition coefficient (Wildman–Crippen LogP) is 3.25. The van der Waals surface area contributed by atoms with Crippen LogP contribution in [0.2, 0.25) is 0 Å². The summed E-state index contributed by atoms with van der Waals surface area (Å²) in [5.41, 5.74) is 1.20. The molecule has 3 rings (SSSR count). The maximum atomic E-state index is 13.6. The first-order valence-corrected chi connectivity index (χ1v) is 11.6. The first-order valence-electron chi connectivity index (χ1n) is 9.57. The van der Waals surface area contributed by atoms with Crippen LogP contribution in [0.3, 0.4) is 0 Å². The van der Waals surface area contributed by atoms with Crippen LogP contribution in [0.15, 0.2) is 30.6 Å². The fourth-order valence-corrected chi connectivity index (χ4v) is 3.98. The number of halogens is 2. The summed E-state index contributed by atoms with van der Waals surface area (Å²) in [7, 11) is 1.61. The lowest BCUT2D eigenvalue weighted by molar-refractivity contribution is 0.0917. The number of carbonyl (C=O) groups is 1. The van der Waals surface area contributed by atoms with Gasteiger partial charge in [-0.2, -0.15) is 11.8 Å². The van der Waals surface area contributed by atoms with Crippen LogP contribution in [-0.2, 0) is 0 Å². The van der Waals surface area contributed by atoms with E-state index in [9.17, 15) is 18.2 Å². The Morgan fingerprint density at radius 1 is 1.38 bits per heavy atom. The van der Waals surface area contributed by atoms with Gasteiger partial charge in [0.25, 0.3) is 5.91 Å². The Kier molecular flexibility index (Phi) is 8.04. The normalized spacial score (nSPS) is 12.0. The number of thioether (sulfide) groups is 1. The molecule has 0 fully saturated rings. The van der Waals surface area contributed by atoms with Gasteiger partial charge in [0.15, 0.2) is 18.0 Å². The SMILES string of the molecule is CNc1cc(F)ccc1C(=N)c1cnc2c(n1)c(C(=O)NC(CO)CCSC)cn2SF. The van der Waals surface area contributed by atoms with Gasteiger partial charge < -0.3 is 15.7 Å². The van der Waals surface area contributed by atoms with Crippen LogP contribution in [0.1, 0.15) is 28.0 Å². The first-order chi connectivity index (χ1) is 15.4. The van der Waals surface area contributed by atoms with E-state index in [1.807, 2.05) is 6.26 Å². The maximum absolute atomic E-state index is 13.6. The van der Waals surface area contributed by atoms with E-state index in [0.29, 0.717) is 17.7 Å². The van der Waals surface area contributed by atoms with E-state index in [1.165, 1.54) is 30.6 Å². The molecule has 4 N–H and O–H groups in total. The molecule has 2 aromatic heterocycles. The van der Waals surface area contributed by atoms with Crippen molar-refractivity contribution in [2.24, 2.45) is 0 Å². The number of aromatic nitrogens is 3. The second-order valence-electron chi connectivity index (χ2n) is 6.81. The topological polar surface area (TPSA) is 116 Å². The fraction of sp³-hybridized carbons (Fsp3) is 0.300. The Labute approximate surface area is 192 Å². The highest BCUT2D eigenvalue weighted by atomic mass is 32.2. The average molecular weight is 481 g/mol. The number of aliphatic hydroxyl groups excluding tert-OH is 1. The molecule has 3 aromatic rings. The number of fused-ring (bicyclic) bond motifs is 1. The van der Waals surface area contributed by atoms with Gasteiger partial charge in [0.05, 0.1) is 30.1 Å². The summed E-state index contributed by atoms with van der Waals surface area (Å²) in [4.78, 5) is 21.5. The summed E-state index contributed by atoms with van der Waals surface area (Å²) in [5, 5.41) is 23.6. The number of rotatable bonds is 10. The van der Waals surface area contributed by atoms with Crippen molar-refractivity contribution in [1.82, 2.24) is 19.3 Å². The molecule has 0 bridgehead atoms. The highest BCUT2D eigenvalue weighted by Gasteiger charge is 2.22. The molecule has 0 saturated heterocycles. The lowest BCUT2D eigenvalue weighted by Gasteiger charge is -2.15. The van der Waals surface area contributed by atoms with Gasteiger partial charge in [-0.05, 0) is 36.6 Å². The van der Waals surface area contributed by atoms with E-state index in [-0.39, 0.29) is 47.1 Å². The molecular weight excluding hydrogens is 458 g/mol. The molecule has 1 unspecified atom stereocenters. The Hall–Kier alpha value is -2.70.